The van der Waals surface area contributed by atoms with Crippen LogP contribution in [-0.2, 0) is 32.8 Å². The Bertz CT molecular complexity index is 811. The summed E-state index contributed by atoms with van der Waals surface area (Å²) < 4.78 is 29.8. The van der Waals surface area contributed by atoms with Gasteiger partial charge in [-0.15, -0.1) is 4.72 Å². The second-order valence-corrected chi connectivity index (χ2v) is 13.3. The lowest BCUT2D eigenvalue weighted by Gasteiger charge is -2.54. The fourth-order valence-corrected chi connectivity index (χ4v) is 7.49. The van der Waals surface area contributed by atoms with Gasteiger partial charge in [0.2, 0.25) is 0 Å². The third-order valence-corrected chi connectivity index (χ3v) is 9.26. The number of ether oxygens (including phenoxy) is 2. The topological polar surface area (TPSA) is 53.5 Å². The van der Waals surface area contributed by atoms with Crippen molar-refractivity contribution in [1.82, 2.24) is 4.72 Å². The number of nitrogens with one attached hydrogen (secondary N) is 1. The number of methoxy groups -OCH3 is 1. The fourth-order valence-electron chi connectivity index (χ4n) is 6.10. The van der Waals surface area contributed by atoms with E-state index in [2.05, 4.69) is 59.3 Å². The Labute approximate surface area is 200 Å². The highest BCUT2D eigenvalue weighted by molar-refractivity contribution is 9.10. The van der Waals surface area contributed by atoms with E-state index < -0.39 is 21.6 Å². The quantitative estimate of drug-likeness (QED) is 0.383. The highest BCUT2D eigenvalue weighted by Gasteiger charge is 2.65. The van der Waals surface area contributed by atoms with E-state index in [0.717, 1.165) is 29.3 Å². The molecular formula is C25H38BrNO3S. The first-order valence-corrected chi connectivity index (χ1v) is 13.2. The summed E-state index contributed by atoms with van der Waals surface area (Å²) in [7, 11) is 1.81. The van der Waals surface area contributed by atoms with E-state index in [-0.39, 0.29) is 11.5 Å². The molecule has 31 heavy (non-hydrogen) atoms. The fraction of sp³-hybridized carbons (Fsp3) is 0.680. The zero-order chi connectivity index (χ0) is 23.2. The minimum atomic E-state index is -1.30. The van der Waals surface area contributed by atoms with Crippen LogP contribution in [0.4, 0.5) is 0 Å². The van der Waals surface area contributed by atoms with E-state index in [9.17, 15) is 4.55 Å². The van der Waals surface area contributed by atoms with Gasteiger partial charge in [-0.05, 0) is 82.1 Å². The van der Waals surface area contributed by atoms with Gasteiger partial charge < -0.3 is 14.0 Å². The van der Waals surface area contributed by atoms with Crippen LogP contribution in [0.3, 0.4) is 0 Å². The molecule has 0 bridgehead atoms. The second kappa shape index (κ2) is 9.02. The molecule has 1 aromatic carbocycles. The lowest BCUT2D eigenvalue weighted by Crippen LogP contribution is -2.62. The van der Waals surface area contributed by atoms with E-state index in [4.69, 9.17) is 9.47 Å². The molecule has 1 spiro atoms. The predicted octanol–water partition coefficient (Wildman–Crippen LogP) is 5.87. The summed E-state index contributed by atoms with van der Waals surface area (Å²) in [4.78, 5) is 0. The molecule has 4 nitrogen and oxygen atoms in total. The maximum atomic E-state index is 13.6. The molecule has 2 aliphatic rings. The Morgan fingerprint density at radius 1 is 1.29 bits per heavy atom. The maximum absolute atomic E-state index is 13.6. The van der Waals surface area contributed by atoms with E-state index in [1.54, 1.807) is 0 Å². The minimum absolute atomic E-state index is 0.197. The zero-order valence-corrected chi connectivity index (χ0v) is 22.4. The standard InChI is InChI=1S/C25H38BrNO3S/c1-9-30-18(4)25(27-31(28)23(5,6)7)21-12-20(26)11-10-19(21)15-24(25)13-16(2)22(29-8)17(3)14-24/h10-12,16-17,22,27H,4,9,13-15H2,1-3,5-8H3/t16-,17+,22+,24+,25-,31-/m0/s1. The Morgan fingerprint density at radius 3 is 2.42 bits per heavy atom. The van der Waals surface area contributed by atoms with Crippen molar-refractivity contribution in [3.05, 3.63) is 46.1 Å². The number of rotatable bonds is 6. The molecule has 0 unspecified atom stereocenters. The first kappa shape index (κ1) is 25.1. The van der Waals surface area contributed by atoms with Crippen molar-refractivity contribution in [2.45, 2.75) is 77.2 Å². The molecule has 174 valence electrons. The van der Waals surface area contributed by atoms with Crippen molar-refractivity contribution < 1.29 is 14.0 Å². The SMILES string of the molecule is C=C(OCC)[C@]1(N[S@@+]([O-])C(C)(C)C)c2cc(Br)ccc2C[C@@]12C[C@@H](C)[C@H](OC)[C@@H](C)C2. The molecule has 2 aliphatic carbocycles. The summed E-state index contributed by atoms with van der Waals surface area (Å²) in [6.45, 7) is 17.5. The summed E-state index contributed by atoms with van der Waals surface area (Å²) in [6.07, 6.45) is 3.01. The molecular weight excluding hydrogens is 474 g/mol. The van der Waals surface area contributed by atoms with Crippen LogP contribution in [0.2, 0.25) is 0 Å². The molecule has 3 rings (SSSR count). The molecule has 1 aromatic rings. The van der Waals surface area contributed by atoms with Crippen LogP contribution < -0.4 is 4.72 Å². The van der Waals surface area contributed by atoms with E-state index in [1.807, 2.05) is 34.8 Å². The molecule has 6 atom stereocenters. The lowest BCUT2D eigenvalue weighted by molar-refractivity contribution is -0.0803. The minimum Gasteiger partial charge on any atom is -0.598 e. The number of fused-ring (bicyclic) bond motifs is 1. The van der Waals surface area contributed by atoms with Crippen LogP contribution in [-0.4, -0.2) is 29.1 Å². The van der Waals surface area contributed by atoms with Crippen LogP contribution in [0.15, 0.2) is 35.0 Å². The van der Waals surface area contributed by atoms with Crippen molar-refractivity contribution in [1.29, 1.82) is 0 Å². The highest BCUT2D eigenvalue weighted by Crippen LogP contribution is 2.63. The van der Waals surface area contributed by atoms with Crippen molar-refractivity contribution in [3.63, 3.8) is 0 Å². The van der Waals surface area contributed by atoms with Gasteiger partial charge >= 0.3 is 0 Å². The van der Waals surface area contributed by atoms with E-state index in [0.29, 0.717) is 24.2 Å². The van der Waals surface area contributed by atoms with Crippen molar-refractivity contribution in [2.75, 3.05) is 13.7 Å². The molecule has 0 aliphatic heterocycles. The Balaban J connectivity index is 2.25. The van der Waals surface area contributed by atoms with Gasteiger partial charge in [0.25, 0.3) is 0 Å². The van der Waals surface area contributed by atoms with Crippen molar-refractivity contribution in [3.8, 4) is 0 Å². The molecule has 0 aromatic heterocycles. The Kier molecular flexibility index (Phi) is 7.30. The molecule has 6 heteroatoms. The average Bonchev–Trinajstić information content (AvgIpc) is 2.90. The summed E-state index contributed by atoms with van der Waals surface area (Å²) in [5, 5.41) is 0. The second-order valence-electron chi connectivity index (χ2n) is 10.4. The van der Waals surface area contributed by atoms with Gasteiger partial charge in [-0.2, -0.15) is 0 Å². The summed E-state index contributed by atoms with van der Waals surface area (Å²) in [6, 6.07) is 6.46. The van der Waals surface area contributed by atoms with Crippen LogP contribution in [0.5, 0.6) is 0 Å². The molecule has 0 amide bonds. The molecule has 1 N–H and O–H groups in total. The van der Waals surface area contributed by atoms with Crippen molar-refractivity contribution in [2.24, 2.45) is 17.3 Å². The van der Waals surface area contributed by atoms with Crippen molar-refractivity contribution >= 4 is 27.3 Å². The van der Waals surface area contributed by atoms with Gasteiger partial charge in [-0.25, -0.2) is 0 Å². The zero-order valence-electron chi connectivity index (χ0n) is 20.0. The van der Waals surface area contributed by atoms with Crippen LogP contribution in [0.1, 0.15) is 65.5 Å². The van der Waals surface area contributed by atoms with Gasteiger partial charge in [-0.1, -0.05) is 42.4 Å². The highest BCUT2D eigenvalue weighted by atomic mass is 79.9. The van der Waals surface area contributed by atoms with Crippen LogP contribution in [0, 0.1) is 17.3 Å². The number of hydrogen-bond donors (Lipinski definition) is 1. The predicted molar refractivity (Wildman–Crippen MR) is 132 cm³/mol. The molecule has 0 saturated heterocycles. The summed E-state index contributed by atoms with van der Waals surface area (Å²) in [5.41, 5.74) is 1.48. The average molecular weight is 513 g/mol. The first-order valence-electron chi connectivity index (χ1n) is 11.3. The Hall–Kier alpha value is -0.530. The monoisotopic (exact) mass is 511 g/mol. The van der Waals surface area contributed by atoms with Gasteiger partial charge in [-0.3, -0.25) is 0 Å². The third kappa shape index (κ3) is 4.23. The van der Waals surface area contributed by atoms with Gasteiger partial charge in [0, 0.05) is 28.4 Å². The third-order valence-electron chi connectivity index (χ3n) is 7.16. The first-order chi connectivity index (χ1) is 14.4. The molecule has 0 heterocycles. The largest absolute Gasteiger partial charge is 0.598 e. The number of halogens is 1. The smallest absolute Gasteiger partial charge is 0.151 e. The number of hydrogen-bond acceptors (Lipinski definition) is 4. The lowest BCUT2D eigenvalue weighted by atomic mass is 9.56. The maximum Gasteiger partial charge on any atom is 0.151 e. The van der Waals surface area contributed by atoms with E-state index >= 15 is 0 Å². The summed E-state index contributed by atoms with van der Waals surface area (Å²) >= 11 is 2.37. The van der Waals surface area contributed by atoms with Gasteiger partial charge in [0.05, 0.1) is 12.7 Å². The molecule has 0 radical (unpaired) electrons. The Morgan fingerprint density at radius 2 is 1.90 bits per heavy atom. The van der Waals surface area contributed by atoms with E-state index in [1.165, 1.54) is 5.56 Å². The summed E-state index contributed by atoms with van der Waals surface area (Å²) in [5.74, 6) is 1.40. The number of benzene rings is 1. The molecule has 1 fully saturated rings. The van der Waals surface area contributed by atoms with Crippen LogP contribution in [0.25, 0.3) is 0 Å². The molecule has 1 saturated carbocycles. The van der Waals surface area contributed by atoms with Crippen LogP contribution >= 0.6 is 15.9 Å². The van der Waals surface area contributed by atoms with Gasteiger partial charge in [0.1, 0.15) is 10.5 Å². The van der Waals surface area contributed by atoms with Gasteiger partial charge in [0.15, 0.2) is 5.54 Å². The normalized spacial score (nSPS) is 33.9.